The molecule has 0 unspecified atom stereocenters. The van der Waals surface area contributed by atoms with Gasteiger partial charge in [0.25, 0.3) is 15.7 Å². The van der Waals surface area contributed by atoms with Crippen LogP contribution in [0.1, 0.15) is 5.56 Å². The fourth-order valence-corrected chi connectivity index (χ4v) is 3.53. The quantitative estimate of drug-likeness (QED) is 0.390. The van der Waals surface area contributed by atoms with E-state index in [-0.39, 0.29) is 10.6 Å². The smallest absolute Gasteiger partial charge is 0.293 e. The standard InChI is InChI=1S/C19H18N4O4S/c1-22(2)18-10-7-14(11-19(18)23(24)25)13-20-21-28(26,27)17-9-8-15-5-3-4-6-16(15)12-17/h3-13,21H,1-2H3/b20-13+. The Labute approximate surface area is 162 Å². The van der Waals surface area contributed by atoms with Crippen molar-refractivity contribution in [3.63, 3.8) is 0 Å². The van der Waals surface area contributed by atoms with E-state index in [1.165, 1.54) is 18.3 Å². The summed E-state index contributed by atoms with van der Waals surface area (Å²) < 4.78 is 24.9. The topological polar surface area (TPSA) is 105 Å². The molecule has 28 heavy (non-hydrogen) atoms. The second kappa shape index (κ2) is 7.65. The first-order valence-corrected chi connectivity index (χ1v) is 9.76. The third kappa shape index (κ3) is 4.09. The lowest BCUT2D eigenvalue weighted by Gasteiger charge is -2.12. The molecule has 8 nitrogen and oxygen atoms in total. The lowest BCUT2D eigenvalue weighted by molar-refractivity contribution is -0.384. The molecule has 0 fully saturated rings. The molecule has 0 aromatic heterocycles. The van der Waals surface area contributed by atoms with Crippen LogP contribution in [-0.2, 0) is 10.0 Å². The van der Waals surface area contributed by atoms with Crippen molar-refractivity contribution in [1.82, 2.24) is 4.83 Å². The number of rotatable bonds is 6. The predicted octanol–water partition coefficient (Wildman–Crippen LogP) is 3.13. The highest BCUT2D eigenvalue weighted by atomic mass is 32.2. The molecule has 3 rings (SSSR count). The van der Waals surface area contributed by atoms with Gasteiger partial charge in [0.15, 0.2) is 0 Å². The first kappa shape index (κ1) is 19.3. The molecule has 0 atom stereocenters. The number of nitrogens with zero attached hydrogens (tertiary/aromatic N) is 3. The number of hydrogen-bond acceptors (Lipinski definition) is 6. The SMILES string of the molecule is CN(C)c1ccc(/C=N/NS(=O)(=O)c2ccc3ccccc3c2)cc1[N+](=O)[O-]. The second-order valence-electron chi connectivity index (χ2n) is 6.26. The lowest BCUT2D eigenvalue weighted by Crippen LogP contribution is -2.18. The Balaban J connectivity index is 1.82. The maximum Gasteiger partial charge on any atom is 0.293 e. The van der Waals surface area contributed by atoms with Gasteiger partial charge in [0.05, 0.1) is 16.0 Å². The van der Waals surface area contributed by atoms with Crippen molar-refractivity contribution in [2.45, 2.75) is 4.90 Å². The normalized spacial score (nSPS) is 11.6. The number of fused-ring (bicyclic) bond motifs is 1. The maximum atomic E-state index is 12.4. The van der Waals surface area contributed by atoms with Gasteiger partial charge in [-0.15, -0.1) is 0 Å². The molecule has 3 aromatic carbocycles. The number of nitro benzene ring substituents is 1. The van der Waals surface area contributed by atoms with Crippen molar-refractivity contribution in [3.8, 4) is 0 Å². The van der Waals surface area contributed by atoms with Crippen LogP contribution >= 0.6 is 0 Å². The molecule has 0 aliphatic rings. The Morgan fingerprint density at radius 2 is 1.75 bits per heavy atom. The van der Waals surface area contributed by atoms with Gasteiger partial charge in [0, 0.05) is 25.7 Å². The minimum Gasteiger partial charge on any atom is -0.372 e. The molecule has 0 radical (unpaired) electrons. The van der Waals surface area contributed by atoms with E-state index in [1.54, 1.807) is 43.3 Å². The molecule has 0 amide bonds. The van der Waals surface area contributed by atoms with Crippen LogP contribution in [0, 0.1) is 10.1 Å². The van der Waals surface area contributed by atoms with Crippen LogP contribution in [0.5, 0.6) is 0 Å². The van der Waals surface area contributed by atoms with Crippen LogP contribution in [-0.4, -0.2) is 33.7 Å². The number of hydrazone groups is 1. The van der Waals surface area contributed by atoms with Crippen LogP contribution in [0.25, 0.3) is 10.8 Å². The number of nitrogens with one attached hydrogen (secondary N) is 1. The molecule has 0 heterocycles. The number of sulfonamides is 1. The fraction of sp³-hybridized carbons (Fsp3) is 0.105. The lowest BCUT2D eigenvalue weighted by atomic mass is 10.1. The van der Waals surface area contributed by atoms with Gasteiger partial charge in [-0.2, -0.15) is 13.5 Å². The Morgan fingerprint density at radius 1 is 1.04 bits per heavy atom. The third-order valence-corrected chi connectivity index (χ3v) is 5.32. The molecule has 0 bridgehead atoms. The molecular weight excluding hydrogens is 380 g/mol. The summed E-state index contributed by atoms with van der Waals surface area (Å²) in [7, 11) is -0.456. The number of nitro groups is 1. The largest absolute Gasteiger partial charge is 0.372 e. The Hall–Kier alpha value is -3.46. The van der Waals surface area contributed by atoms with Gasteiger partial charge in [0.2, 0.25) is 0 Å². The first-order valence-electron chi connectivity index (χ1n) is 8.27. The van der Waals surface area contributed by atoms with E-state index in [1.807, 2.05) is 24.3 Å². The van der Waals surface area contributed by atoms with Crippen molar-refractivity contribution in [2.75, 3.05) is 19.0 Å². The van der Waals surface area contributed by atoms with Gasteiger partial charge in [-0.3, -0.25) is 10.1 Å². The van der Waals surface area contributed by atoms with Crippen LogP contribution in [0.4, 0.5) is 11.4 Å². The third-order valence-electron chi connectivity index (χ3n) is 4.10. The Bertz CT molecular complexity index is 1170. The summed E-state index contributed by atoms with van der Waals surface area (Å²) in [6.45, 7) is 0. The molecule has 0 spiro atoms. The van der Waals surface area contributed by atoms with Crippen molar-refractivity contribution < 1.29 is 13.3 Å². The van der Waals surface area contributed by atoms with E-state index >= 15 is 0 Å². The van der Waals surface area contributed by atoms with Gasteiger partial charge >= 0.3 is 0 Å². The molecule has 0 aliphatic heterocycles. The zero-order chi connectivity index (χ0) is 20.3. The van der Waals surface area contributed by atoms with Gasteiger partial charge in [0.1, 0.15) is 5.69 Å². The first-order chi connectivity index (χ1) is 13.3. The molecule has 0 saturated heterocycles. The van der Waals surface area contributed by atoms with Crippen LogP contribution in [0.3, 0.4) is 0 Å². The molecule has 1 N–H and O–H groups in total. The van der Waals surface area contributed by atoms with Gasteiger partial charge in [-0.25, -0.2) is 4.83 Å². The molecular formula is C19H18N4O4S. The average Bonchev–Trinajstić information content (AvgIpc) is 2.67. The second-order valence-corrected chi connectivity index (χ2v) is 7.92. The zero-order valence-electron chi connectivity index (χ0n) is 15.2. The maximum absolute atomic E-state index is 12.4. The van der Waals surface area contributed by atoms with E-state index < -0.39 is 14.9 Å². The van der Waals surface area contributed by atoms with Crippen LogP contribution in [0.2, 0.25) is 0 Å². The zero-order valence-corrected chi connectivity index (χ0v) is 16.1. The van der Waals surface area contributed by atoms with Crippen molar-refractivity contribution in [3.05, 3.63) is 76.3 Å². The summed E-state index contributed by atoms with van der Waals surface area (Å²) in [5.74, 6) is 0. The molecule has 9 heteroatoms. The van der Waals surface area contributed by atoms with Gasteiger partial charge < -0.3 is 4.90 Å². The number of benzene rings is 3. The summed E-state index contributed by atoms with van der Waals surface area (Å²) in [6.07, 6.45) is 1.23. The highest BCUT2D eigenvalue weighted by Crippen LogP contribution is 2.27. The molecule has 0 saturated carbocycles. The molecule has 3 aromatic rings. The fourth-order valence-electron chi connectivity index (χ4n) is 2.70. The Morgan fingerprint density at radius 3 is 2.43 bits per heavy atom. The molecule has 144 valence electrons. The highest BCUT2D eigenvalue weighted by Gasteiger charge is 2.16. The predicted molar refractivity (Wildman–Crippen MR) is 109 cm³/mol. The van der Waals surface area contributed by atoms with Crippen molar-refractivity contribution in [1.29, 1.82) is 0 Å². The van der Waals surface area contributed by atoms with E-state index in [9.17, 15) is 18.5 Å². The van der Waals surface area contributed by atoms with Gasteiger partial charge in [-0.05, 0) is 29.0 Å². The number of anilines is 1. The molecule has 0 aliphatic carbocycles. The minimum absolute atomic E-state index is 0.0808. The van der Waals surface area contributed by atoms with E-state index in [0.717, 1.165) is 10.8 Å². The van der Waals surface area contributed by atoms with Crippen LogP contribution < -0.4 is 9.73 Å². The Kier molecular flexibility index (Phi) is 5.27. The summed E-state index contributed by atoms with van der Waals surface area (Å²) in [6, 6.07) is 16.7. The minimum atomic E-state index is -3.86. The highest BCUT2D eigenvalue weighted by molar-refractivity contribution is 7.89. The summed E-state index contributed by atoms with van der Waals surface area (Å²) >= 11 is 0. The van der Waals surface area contributed by atoms with Crippen molar-refractivity contribution >= 4 is 38.4 Å². The average molecular weight is 398 g/mol. The summed E-state index contributed by atoms with van der Waals surface area (Å²) in [5, 5.41) is 16.7. The number of hydrogen-bond donors (Lipinski definition) is 1. The van der Waals surface area contributed by atoms with E-state index in [0.29, 0.717) is 11.3 Å². The van der Waals surface area contributed by atoms with Crippen molar-refractivity contribution in [2.24, 2.45) is 5.10 Å². The van der Waals surface area contributed by atoms with E-state index in [2.05, 4.69) is 9.93 Å². The summed E-state index contributed by atoms with van der Waals surface area (Å²) in [4.78, 5) is 14.6. The summed E-state index contributed by atoms with van der Waals surface area (Å²) in [5.41, 5.74) is 0.753. The van der Waals surface area contributed by atoms with E-state index in [4.69, 9.17) is 0 Å². The van der Waals surface area contributed by atoms with Crippen LogP contribution in [0.15, 0.2) is 70.7 Å². The monoisotopic (exact) mass is 398 g/mol. The van der Waals surface area contributed by atoms with Gasteiger partial charge in [-0.1, -0.05) is 36.4 Å².